The van der Waals surface area contributed by atoms with E-state index < -0.39 is 5.56 Å². The Kier molecular flexibility index (Phi) is 5.23. The van der Waals surface area contributed by atoms with Crippen LogP contribution in [-0.2, 0) is 7.05 Å². The van der Waals surface area contributed by atoms with E-state index in [1.807, 2.05) is 0 Å². The Morgan fingerprint density at radius 1 is 1.47 bits per heavy atom. The highest BCUT2D eigenvalue weighted by Crippen LogP contribution is 2.05. The van der Waals surface area contributed by atoms with Gasteiger partial charge in [0, 0.05) is 13.6 Å². The summed E-state index contributed by atoms with van der Waals surface area (Å²) in [5.41, 5.74) is 1.02. The normalized spacial score (nSPS) is 12.3. The van der Waals surface area contributed by atoms with E-state index in [-0.39, 0.29) is 17.6 Å². The van der Waals surface area contributed by atoms with E-state index >= 15 is 0 Å². The fourth-order valence-electron chi connectivity index (χ4n) is 1.80. The number of carbonyl (C=O) groups excluding carboxylic acids is 1. The van der Waals surface area contributed by atoms with Gasteiger partial charge in [0.05, 0.1) is 11.8 Å². The number of aliphatic hydroxyl groups is 1. The zero-order valence-corrected chi connectivity index (χ0v) is 11.9. The Morgan fingerprint density at radius 3 is 2.68 bits per heavy atom. The largest absolute Gasteiger partial charge is 0.393 e. The number of hydrogen-bond acceptors (Lipinski definition) is 4. The zero-order chi connectivity index (χ0) is 14.6. The maximum atomic E-state index is 12.0. The molecule has 19 heavy (non-hydrogen) atoms. The van der Waals surface area contributed by atoms with Gasteiger partial charge in [0.1, 0.15) is 5.56 Å². The van der Waals surface area contributed by atoms with Crippen LogP contribution in [0.4, 0.5) is 0 Å². The summed E-state index contributed by atoms with van der Waals surface area (Å²) >= 11 is 0. The Balaban J connectivity index is 2.80. The lowest BCUT2D eigenvalue weighted by molar-refractivity contribution is 0.0946. The Bertz CT molecular complexity index is 521. The molecular weight excluding hydrogens is 246 g/mol. The van der Waals surface area contributed by atoms with Crippen molar-refractivity contribution in [1.82, 2.24) is 15.1 Å². The van der Waals surface area contributed by atoms with Crippen LogP contribution in [0, 0.1) is 13.8 Å². The maximum absolute atomic E-state index is 12.0. The summed E-state index contributed by atoms with van der Waals surface area (Å²) in [7, 11) is 1.53. The Hall–Kier alpha value is -1.69. The molecule has 0 radical (unpaired) electrons. The molecule has 0 aliphatic carbocycles. The summed E-state index contributed by atoms with van der Waals surface area (Å²) in [5, 5.41) is 15.8. The molecule has 0 aliphatic heterocycles. The van der Waals surface area contributed by atoms with Crippen LogP contribution in [0.15, 0.2) is 4.79 Å². The SMILES string of the molecule is Cc1nn(C)c(=O)c(C(=O)NCCCC(C)O)c1C. The molecular formula is C13H21N3O3. The number of amides is 1. The summed E-state index contributed by atoms with van der Waals surface area (Å²) in [6.07, 6.45) is 0.911. The van der Waals surface area contributed by atoms with E-state index in [1.165, 1.54) is 11.7 Å². The predicted octanol–water partition coefficient (Wildman–Crippen LogP) is 0.288. The quantitative estimate of drug-likeness (QED) is 0.751. The number of aromatic nitrogens is 2. The van der Waals surface area contributed by atoms with Gasteiger partial charge in [0.15, 0.2) is 0 Å². The lowest BCUT2D eigenvalue weighted by Crippen LogP contribution is -2.35. The minimum atomic E-state index is -0.392. The van der Waals surface area contributed by atoms with Gasteiger partial charge < -0.3 is 10.4 Å². The van der Waals surface area contributed by atoms with Crippen molar-refractivity contribution in [3.05, 3.63) is 27.2 Å². The molecule has 0 spiro atoms. The minimum Gasteiger partial charge on any atom is -0.393 e. The molecule has 0 saturated heterocycles. The third kappa shape index (κ3) is 3.89. The minimum absolute atomic E-state index is 0.145. The number of rotatable bonds is 5. The van der Waals surface area contributed by atoms with Crippen molar-refractivity contribution in [3.63, 3.8) is 0 Å². The van der Waals surface area contributed by atoms with Crippen LogP contribution in [-0.4, -0.2) is 33.4 Å². The molecule has 1 rings (SSSR count). The molecule has 106 valence electrons. The summed E-state index contributed by atoms with van der Waals surface area (Å²) in [5.74, 6) is -0.380. The molecule has 1 aromatic rings. The van der Waals surface area contributed by atoms with Crippen molar-refractivity contribution in [2.45, 2.75) is 39.7 Å². The molecule has 0 bridgehead atoms. The molecule has 2 N–H and O–H groups in total. The van der Waals surface area contributed by atoms with Crippen LogP contribution in [0.5, 0.6) is 0 Å². The average Bonchev–Trinajstić information content (AvgIpc) is 2.32. The Morgan fingerprint density at radius 2 is 2.11 bits per heavy atom. The molecule has 1 amide bonds. The van der Waals surface area contributed by atoms with E-state index in [1.54, 1.807) is 20.8 Å². The van der Waals surface area contributed by atoms with Gasteiger partial charge in [-0.1, -0.05) is 0 Å². The number of nitrogens with zero attached hydrogens (tertiary/aromatic N) is 2. The van der Waals surface area contributed by atoms with Crippen LogP contribution in [0.1, 0.15) is 41.4 Å². The van der Waals surface area contributed by atoms with E-state index in [0.717, 1.165) is 0 Å². The van der Waals surface area contributed by atoms with Crippen LogP contribution in [0.2, 0.25) is 0 Å². The zero-order valence-electron chi connectivity index (χ0n) is 11.9. The van der Waals surface area contributed by atoms with Crippen molar-refractivity contribution >= 4 is 5.91 Å². The smallest absolute Gasteiger partial charge is 0.279 e. The third-order valence-corrected chi connectivity index (χ3v) is 3.04. The van der Waals surface area contributed by atoms with Crippen molar-refractivity contribution in [3.8, 4) is 0 Å². The molecule has 1 atom stereocenters. The van der Waals surface area contributed by atoms with Crippen molar-refractivity contribution in [1.29, 1.82) is 0 Å². The van der Waals surface area contributed by atoms with E-state index in [4.69, 9.17) is 5.11 Å². The number of aliphatic hydroxyl groups excluding tert-OH is 1. The van der Waals surface area contributed by atoms with Gasteiger partial charge >= 0.3 is 0 Å². The van der Waals surface area contributed by atoms with Gasteiger partial charge in [-0.15, -0.1) is 0 Å². The highest BCUT2D eigenvalue weighted by Gasteiger charge is 2.17. The second kappa shape index (κ2) is 6.47. The molecule has 6 heteroatoms. The average molecular weight is 267 g/mol. The predicted molar refractivity (Wildman–Crippen MR) is 72.2 cm³/mol. The lowest BCUT2D eigenvalue weighted by atomic mass is 10.1. The van der Waals surface area contributed by atoms with E-state index in [0.29, 0.717) is 30.6 Å². The van der Waals surface area contributed by atoms with Crippen LogP contribution < -0.4 is 10.9 Å². The molecule has 1 aromatic heterocycles. The Labute approximate surface area is 112 Å². The highest BCUT2D eigenvalue weighted by molar-refractivity contribution is 5.95. The molecule has 0 fully saturated rings. The lowest BCUT2D eigenvalue weighted by Gasteiger charge is -2.10. The van der Waals surface area contributed by atoms with Crippen molar-refractivity contribution < 1.29 is 9.90 Å². The first kappa shape index (κ1) is 15.4. The number of aryl methyl sites for hydroxylation is 2. The second-order valence-corrected chi connectivity index (χ2v) is 4.76. The number of carbonyl (C=O) groups is 1. The summed E-state index contributed by atoms with van der Waals surface area (Å²) in [6, 6.07) is 0. The van der Waals surface area contributed by atoms with Gasteiger partial charge in [0.25, 0.3) is 11.5 Å². The van der Waals surface area contributed by atoms with Gasteiger partial charge in [-0.3, -0.25) is 9.59 Å². The fourth-order valence-corrected chi connectivity index (χ4v) is 1.80. The number of hydrogen-bond donors (Lipinski definition) is 2. The molecule has 0 saturated carbocycles. The van der Waals surface area contributed by atoms with Crippen LogP contribution >= 0.6 is 0 Å². The monoisotopic (exact) mass is 267 g/mol. The molecule has 0 aliphatic rings. The maximum Gasteiger partial charge on any atom is 0.279 e. The summed E-state index contributed by atoms with van der Waals surface area (Å²) < 4.78 is 1.17. The first-order valence-corrected chi connectivity index (χ1v) is 6.35. The van der Waals surface area contributed by atoms with E-state index in [9.17, 15) is 9.59 Å². The molecule has 6 nitrogen and oxygen atoms in total. The summed E-state index contributed by atoms with van der Waals surface area (Å²) in [4.78, 5) is 23.9. The molecule has 1 heterocycles. The first-order valence-electron chi connectivity index (χ1n) is 6.35. The van der Waals surface area contributed by atoms with Gasteiger partial charge in [-0.2, -0.15) is 5.10 Å². The van der Waals surface area contributed by atoms with Crippen molar-refractivity contribution in [2.75, 3.05) is 6.54 Å². The number of nitrogens with one attached hydrogen (secondary N) is 1. The van der Waals surface area contributed by atoms with Gasteiger partial charge in [-0.25, -0.2) is 4.68 Å². The standard InChI is InChI=1S/C13H21N3O3/c1-8(17)6-5-7-14-12(18)11-9(2)10(3)15-16(4)13(11)19/h8,17H,5-7H2,1-4H3,(H,14,18). The van der Waals surface area contributed by atoms with Crippen LogP contribution in [0.3, 0.4) is 0 Å². The third-order valence-electron chi connectivity index (χ3n) is 3.04. The molecule has 1 unspecified atom stereocenters. The van der Waals surface area contributed by atoms with Gasteiger partial charge in [0.2, 0.25) is 0 Å². The second-order valence-electron chi connectivity index (χ2n) is 4.76. The first-order chi connectivity index (χ1) is 8.84. The van der Waals surface area contributed by atoms with E-state index in [2.05, 4.69) is 10.4 Å². The summed E-state index contributed by atoms with van der Waals surface area (Å²) in [6.45, 7) is 5.62. The highest BCUT2D eigenvalue weighted by atomic mass is 16.3. The molecule has 0 aromatic carbocycles. The van der Waals surface area contributed by atoms with Gasteiger partial charge in [-0.05, 0) is 39.2 Å². The van der Waals surface area contributed by atoms with Crippen molar-refractivity contribution in [2.24, 2.45) is 7.05 Å². The van der Waals surface area contributed by atoms with Crippen LogP contribution in [0.25, 0.3) is 0 Å². The fraction of sp³-hybridized carbons (Fsp3) is 0.615. The topological polar surface area (TPSA) is 84.2 Å².